The average Bonchev–Trinajstić information content (AvgIpc) is 2.70. The van der Waals surface area contributed by atoms with Gasteiger partial charge in [-0.1, -0.05) is 6.92 Å². The molecule has 0 unspecified atom stereocenters. The van der Waals surface area contributed by atoms with E-state index in [0.717, 1.165) is 16.6 Å². The van der Waals surface area contributed by atoms with E-state index in [-0.39, 0.29) is 6.54 Å². The van der Waals surface area contributed by atoms with E-state index < -0.39 is 5.97 Å². The van der Waals surface area contributed by atoms with Crippen molar-refractivity contribution >= 4 is 33.3 Å². The van der Waals surface area contributed by atoms with E-state index in [1.807, 2.05) is 6.07 Å². The van der Waals surface area contributed by atoms with Crippen LogP contribution in [0.4, 0.5) is 5.82 Å². The van der Waals surface area contributed by atoms with E-state index in [2.05, 4.69) is 16.9 Å². The second-order valence-corrected chi connectivity index (χ2v) is 4.85. The van der Waals surface area contributed by atoms with Crippen molar-refractivity contribution in [2.24, 2.45) is 0 Å². The number of carbonyl (C=O) groups is 1. The Morgan fingerprint density at radius 1 is 1.53 bits per heavy atom. The zero-order chi connectivity index (χ0) is 12.4. The number of aliphatic carboxylic acids is 1. The largest absolute Gasteiger partial charge is 0.480 e. The summed E-state index contributed by atoms with van der Waals surface area (Å²) in [6, 6.07) is 2.04. The molecule has 0 aliphatic rings. The molecule has 0 atom stereocenters. The Kier molecular flexibility index (Phi) is 3.23. The lowest BCUT2D eigenvalue weighted by molar-refractivity contribution is -0.135. The van der Waals surface area contributed by atoms with Crippen LogP contribution < -0.4 is 4.90 Å². The van der Waals surface area contributed by atoms with Crippen molar-refractivity contribution < 1.29 is 9.90 Å². The Bertz CT molecular complexity index is 553. The number of hydrogen-bond acceptors (Lipinski definition) is 5. The van der Waals surface area contributed by atoms with Gasteiger partial charge in [0.1, 0.15) is 23.5 Å². The van der Waals surface area contributed by atoms with Gasteiger partial charge in [0.15, 0.2) is 0 Å². The summed E-state index contributed by atoms with van der Waals surface area (Å²) in [5.41, 5.74) is 0. The van der Waals surface area contributed by atoms with E-state index in [9.17, 15) is 4.79 Å². The topological polar surface area (TPSA) is 66.3 Å². The first-order chi connectivity index (χ1) is 8.11. The maximum Gasteiger partial charge on any atom is 0.323 e. The van der Waals surface area contributed by atoms with E-state index in [4.69, 9.17) is 5.11 Å². The SMILES string of the molecule is CCc1cc2c(N(C)CC(=O)O)ncnc2s1. The van der Waals surface area contributed by atoms with Gasteiger partial charge >= 0.3 is 5.97 Å². The number of carboxylic acids is 1. The molecular weight excluding hydrogens is 238 g/mol. The number of anilines is 1. The number of hydrogen-bond donors (Lipinski definition) is 1. The number of rotatable bonds is 4. The van der Waals surface area contributed by atoms with Crippen molar-refractivity contribution in [2.45, 2.75) is 13.3 Å². The third-order valence-corrected chi connectivity index (χ3v) is 3.63. The van der Waals surface area contributed by atoms with E-state index in [0.29, 0.717) is 5.82 Å². The van der Waals surface area contributed by atoms with Crippen LogP contribution >= 0.6 is 11.3 Å². The van der Waals surface area contributed by atoms with E-state index in [1.165, 1.54) is 11.2 Å². The van der Waals surface area contributed by atoms with Gasteiger partial charge in [0.2, 0.25) is 0 Å². The van der Waals surface area contributed by atoms with Crippen LogP contribution in [0, 0.1) is 0 Å². The summed E-state index contributed by atoms with van der Waals surface area (Å²) in [5, 5.41) is 9.71. The van der Waals surface area contributed by atoms with Crippen LogP contribution in [0.1, 0.15) is 11.8 Å². The van der Waals surface area contributed by atoms with Crippen molar-refractivity contribution in [1.82, 2.24) is 9.97 Å². The molecule has 0 fully saturated rings. The molecule has 0 saturated carbocycles. The first-order valence-corrected chi connectivity index (χ1v) is 6.09. The number of fused-ring (bicyclic) bond motifs is 1. The second-order valence-electron chi connectivity index (χ2n) is 3.73. The van der Waals surface area contributed by atoms with Gasteiger partial charge in [-0.3, -0.25) is 4.79 Å². The highest BCUT2D eigenvalue weighted by atomic mass is 32.1. The molecule has 2 aromatic rings. The van der Waals surface area contributed by atoms with Crippen molar-refractivity contribution in [3.8, 4) is 0 Å². The van der Waals surface area contributed by atoms with Gasteiger partial charge < -0.3 is 10.0 Å². The van der Waals surface area contributed by atoms with Gasteiger partial charge in [-0.15, -0.1) is 11.3 Å². The van der Waals surface area contributed by atoms with Crippen LogP contribution in [0.2, 0.25) is 0 Å². The summed E-state index contributed by atoms with van der Waals surface area (Å²) in [7, 11) is 1.72. The zero-order valence-electron chi connectivity index (χ0n) is 9.67. The molecule has 2 rings (SSSR count). The Hall–Kier alpha value is -1.69. The van der Waals surface area contributed by atoms with Crippen LogP contribution in [0.5, 0.6) is 0 Å². The van der Waals surface area contributed by atoms with E-state index >= 15 is 0 Å². The fourth-order valence-corrected chi connectivity index (χ4v) is 2.58. The van der Waals surface area contributed by atoms with Gasteiger partial charge in [0.05, 0.1) is 5.39 Å². The van der Waals surface area contributed by atoms with Crippen molar-refractivity contribution in [3.63, 3.8) is 0 Å². The van der Waals surface area contributed by atoms with Gasteiger partial charge in [-0.05, 0) is 12.5 Å². The monoisotopic (exact) mass is 251 g/mol. The summed E-state index contributed by atoms with van der Waals surface area (Å²) in [5.74, 6) is -0.196. The molecule has 17 heavy (non-hydrogen) atoms. The van der Waals surface area contributed by atoms with Gasteiger partial charge in [-0.25, -0.2) is 9.97 Å². The van der Waals surface area contributed by atoms with Crippen LogP contribution in [-0.2, 0) is 11.2 Å². The zero-order valence-corrected chi connectivity index (χ0v) is 10.5. The third-order valence-electron chi connectivity index (χ3n) is 2.44. The lowest BCUT2D eigenvalue weighted by atomic mass is 10.3. The fraction of sp³-hybridized carbons (Fsp3) is 0.364. The highest BCUT2D eigenvalue weighted by Gasteiger charge is 2.13. The van der Waals surface area contributed by atoms with Gasteiger partial charge in [0, 0.05) is 11.9 Å². The summed E-state index contributed by atoms with van der Waals surface area (Å²) >= 11 is 1.62. The van der Waals surface area contributed by atoms with Crippen LogP contribution in [0.3, 0.4) is 0 Å². The van der Waals surface area contributed by atoms with E-state index in [1.54, 1.807) is 23.3 Å². The second kappa shape index (κ2) is 4.67. The number of aromatic nitrogens is 2. The van der Waals surface area contributed by atoms with Crippen LogP contribution in [0.15, 0.2) is 12.4 Å². The molecule has 6 heteroatoms. The maximum absolute atomic E-state index is 10.7. The molecule has 2 aromatic heterocycles. The number of thiophene rings is 1. The number of nitrogens with zero attached hydrogens (tertiary/aromatic N) is 3. The normalized spacial score (nSPS) is 10.7. The Balaban J connectivity index is 2.45. The quantitative estimate of drug-likeness (QED) is 0.897. The molecule has 0 radical (unpaired) electrons. The van der Waals surface area contributed by atoms with Crippen molar-refractivity contribution in [3.05, 3.63) is 17.3 Å². The van der Waals surface area contributed by atoms with Gasteiger partial charge in [0.25, 0.3) is 0 Å². The van der Waals surface area contributed by atoms with Crippen LogP contribution in [0.25, 0.3) is 10.2 Å². The molecule has 0 aliphatic heterocycles. The summed E-state index contributed by atoms with van der Waals surface area (Å²) in [6.07, 6.45) is 2.43. The molecule has 0 bridgehead atoms. The maximum atomic E-state index is 10.7. The molecule has 5 nitrogen and oxygen atoms in total. The predicted octanol–water partition coefficient (Wildman–Crippen LogP) is 1.77. The molecular formula is C11H13N3O2S. The number of likely N-dealkylation sites (N-methyl/N-ethyl adjacent to an activating group) is 1. The average molecular weight is 251 g/mol. The Labute approximate surface area is 103 Å². The van der Waals surface area contributed by atoms with Crippen LogP contribution in [-0.4, -0.2) is 34.6 Å². The first kappa shape index (κ1) is 11.8. The van der Waals surface area contributed by atoms with Gasteiger partial charge in [-0.2, -0.15) is 0 Å². The molecule has 2 heterocycles. The summed E-state index contributed by atoms with van der Waals surface area (Å²) in [6.45, 7) is 2.02. The molecule has 0 amide bonds. The molecule has 0 aromatic carbocycles. The molecule has 1 N–H and O–H groups in total. The lowest BCUT2D eigenvalue weighted by Gasteiger charge is -2.15. The minimum Gasteiger partial charge on any atom is -0.480 e. The molecule has 90 valence electrons. The minimum atomic E-state index is -0.870. The summed E-state index contributed by atoms with van der Waals surface area (Å²) in [4.78, 5) is 22.8. The lowest BCUT2D eigenvalue weighted by Crippen LogP contribution is -2.26. The molecule has 0 aliphatic carbocycles. The Morgan fingerprint density at radius 2 is 2.29 bits per heavy atom. The first-order valence-electron chi connectivity index (χ1n) is 5.28. The standard InChI is InChI=1S/C11H13N3O2S/c1-3-7-4-8-10(14(2)5-9(15)16)12-6-13-11(8)17-7/h4,6H,3,5H2,1-2H3,(H,15,16). The van der Waals surface area contributed by atoms with Crippen molar-refractivity contribution in [1.29, 1.82) is 0 Å². The predicted molar refractivity (Wildman–Crippen MR) is 67.7 cm³/mol. The third kappa shape index (κ3) is 2.36. The molecule has 0 saturated heterocycles. The molecule has 0 spiro atoms. The number of carboxylic acid groups (broad SMARTS) is 1. The number of aryl methyl sites for hydroxylation is 1. The highest BCUT2D eigenvalue weighted by Crippen LogP contribution is 2.29. The highest BCUT2D eigenvalue weighted by molar-refractivity contribution is 7.18. The fourth-order valence-electron chi connectivity index (χ4n) is 1.65. The smallest absolute Gasteiger partial charge is 0.323 e. The van der Waals surface area contributed by atoms with Crippen molar-refractivity contribution in [2.75, 3.05) is 18.5 Å². The Morgan fingerprint density at radius 3 is 2.94 bits per heavy atom. The minimum absolute atomic E-state index is 0.0661. The summed E-state index contributed by atoms with van der Waals surface area (Å²) < 4.78 is 0.